The van der Waals surface area contributed by atoms with Crippen molar-refractivity contribution in [2.24, 2.45) is 23.2 Å². The summed E-state index contributed by atoms with van der Waals surface area (Å²) in [6.45, 7) is 10.2. The number of carbonyl (C=O) groups is 4. The van der Waals surface area contributed by atoms with E-state index in [1.165, 1.54) is 4.90 Å². The third kappa shape index (κ3) is 4.76. The van der Waals surface area contributed by atoms with Gasteiger partial charge in [0.15, 0.2) is 0 Å². The zero-order valence-corrected chi connectivity index (χ0v) is 17.3. The van der Waals surface area contributed by atoms with Crippen LogP contribution in [0.3, 0.4) is 0 Å². The SMILES string of the molecule is C=CC(=O)NC(NC(=O)[C@@H]1[C@@H]2C(CN1C(=O)CNC(=O)C(F)(F)F)C2(C)C)C(C)C. The summed E-state index contributed by atoms with van der Waals surface area (Å²) in [7, 11) is 0. The van der Waals surface area contributed by atoms with Crippen molar-refractivity contribution in [1.29, 1.82) is 0 Å². The van der Waals surface area contributed by atoms with Gasteiger partial charge in [0.05, 0.1) is 6.54 Å². The van der Waals surface area contributed by atoms with Crippen LogP contribution >= 0.6 is 0 Å². The first-order chi connectivity index (χ1) is 13.7. The Kier molecular flexibility index (Phi) is 6.53. The van der Waals surface area contributed by atoms with E-state index in [4.69, 9.17) is 0 Å². The van der Waals surface area contributed by atoms with Crippen LogP contribution in [0.15, 0.2) is 12.7 Å². The monoisotopic (exact) mass is 432 g/mol. The molecule has 2 rings (SSSR count). The highest BCUT2D eigenvalue weighted by molar-refractivity contribution is 5.93. The van der Waals surface area contributed by atoms with Crippen LogP contribution in [0, 0.1) is 23.2 Å². The normalized spacial score (nSPS) is 25.2. The first kappa shape index (κ1) is 23.7. The fourth-order valence-corrected chi connectivity index (χ4v) is 4.02. The molecular formula is C19H27F3N4O4. The Labute approximate surface area is 172 Å². The van der Waals surface area contributed by atoms with Crippen molar-refractivity contribution in [2.75, 3.05) is 13.1 Å². The highest BCUT2D eigenvalue weighted by Gasteiger charge is 2.69. The van der Waals surface area contributed by atoms with Crippen LogP contribution in [0.25, 0.3) is 0 Å². The molecule has 1 aliphatic heterocycles. The molecule has 1 saturated heterocycles. The van der Waals surface area contributed by atoms with Crippen LogP contribution in [-0.2, 0) is 19.2 Å². The minimum absolute atomic E-state index is 0.0239. The van der Waals surface area contributed by atoms with Crippen molar-refractivity contribution in [2.45, 2.75) is 46.1 Å². The van der Waals surface area contributed by atoms with Crippen molar-refractivity contribution >= 4 is 23.6 Å². The van der Waals surface area contributed by atoms with E-state index in [0.29, 0.717) is 0 Å². The van der Waals surface area contributed by atoms with Gasteiger partial charge >= 0.3 is 12.1 Å². The first-order valence-corrected chi connectivity index (χ1v) is 9.59. The predicted octanol–water partition coefficient (Wildman–Crippen LogP) is 0.548. The molecule has 0 aromatic rings. The molecule has 1 aliphatic carbocycles. The molecule has 0 bridgehead atoms. The van der Waals surface area contributed by atoms with Gasteiger partial charge < -0.3 is 20.9 Å². The number of carbonyl (C=O) groups excluding carboxylic acids is 4. The fourth-order valence-electron chi connectivity index (χ4n) is 4.02. The topological polar surface area (TPSA) is 108 Å². The van der Waals surface area contributed by atoms with Crippen LogP contribution in [0.5, 0.6) is 0 Å². The zero-order valence-electron chi connectivity index (χ0n) is 17.3. The van der Waals surface area contributed by atoms with Gasteiger partial charge in [0.2, 0.25) is 17.7 Å². The predicted molar refractivity (Wildman–Crippen MR) is 100 cm³/mol. The lowest BCUT2D eigenvalue weighted by atomic mass is 10.00. The number of alkyl halides is 3. The minimum atomic E-state index is -5.10. The van der Waals surface area contributed by atoms with Crippen molar-refractivity contribution in [3.8, 4) is 0 Å². The Hall–Kier alpha value is -2.59. The van der Waals surface area contributed by atoms with Gasteiger partial charge in [-0.25, -0.2) is 0 Å². The summed E-state index contributed by atoms with van der Waals surface area (Å²) in [5.74, 6) is -4.28. The average molecular weight is 432 g/mol. The molecule has 0 spiro atoms. The molecule has 0 aromatic heterocycles. The summed E-state index contributed by atoms with van der Waals surface area (Å²) in [5.41, 5.74) is -0.203. The van der Waals surface area contributed by atoms with Crippen molar-refractivity contribution in [3.05, 3.63) is 12.7 Å². The summed E-state index contributed by atoms with van der Waals surface area (Å²) >= 11 is 0. The molecule has 0 radical (unpaired) electrons. The second-order valence-electron chi connectivity index (χ2n) is 8.57. The molecular weight excluding hydrogens is 405 g/mol. The largest absolute Gasteiger partial charge is 0.471 e. The van der Waals surface area contributed by atoms with E-state index in [1.807, 2.05) is 13.8 Å². The van der Waals surface area contributed by atoms with Crippen LogP contribution in [0.1, 0.15) is 27.7 Å². The van der Waals surface area contributed by atoms with Crippen LogP contribution in [-0.4, -0.2) is 60.0 Å². The highest BCUT2D eigenvalue weighted by Crippen LogP contribution is 2.64. The summed E-state index contributed by atoms with van der Waals surface area (Å²) in [5, 5.41) is 6.86. The number of hydrogen-bond donors (Lipinski definition) is 3. The maximum atomic E-state index is 13.0. The second kappa shape index (κ2) is 8.27. The van der Waals surface area contributed by atoms with Gasteiger partial charge in [-0.1, -0.05) is 34.3 Å². The Morgan fingerprint density at radius 1 is 1.20 bits per heavy atom. The quantitative estimate of drug-likeness (QED) is 0.403. The van der Waals surface area contributed by atoms with Gasteiger partial charge in [-0.2, -0.15) is 13.2 Å². The number of halogens is 3. The summed E-state index contributed by atoms with van der Waals surface area (Å²) in [6.07, 6.45) is -4.75. The molecule has 4 amide bonds. The number of nitrogens with zero attached hydrogens (tertiary/aromatic N) is 1. The van der Waals surface area contributed by atoms with E-state index < -0.39 is 48.6 Å². The molecule has 1 saturated carbocycles. The van der Waals surface area contributed by atoms with Crippen LogP contribution in [0.4, 0.5) is 13.2 Å². The number of fused-ring (bicyclic) bond motifs is 1. The van der Waals surface area contributed by atoms with Crippen molar-refractivity contribution < 1.29 is 32.3 Å². The molecule has 8 nitrogen and oxygen atoms in total. The lowest BCUT2D eigenvalue weighted by Gasteiger charge is -2.32. The van der Waals surface area contributed by atoms with E-state index in [1.54, 1.807) is 19.2 Å². The van der Waals surface area contributed by atoms with Gasteiger partial charge in [-0.15, -0.1) is 0 Å². The van der Waals surface area contributed by atoms with E-state index >= 15 is 0 Å². The fraction of sp³-hybridized carbons (Fsp3) is 0.684. The van der Waals surface area contributed by atoms with Gasteiger partial charge in [-0.05, 0) is 29.2 Å². The molecule has 3 N–H and O–H groups in total. The standard InChI is InChI=1S/C19H27F3N4O4/c1-6-11(27)24-15(9(2)3)25-16(29)14-13-10(18(13,4)5)8-26(14)12(28)7-23-17(30)19(20,21)22/h6,9-10,13-15H,1,7-8H2,2-5H3,(H,23,30)(H,24,27)(H,25,29)/t10?,13-,14-,15?/m0/s1. The molecule has 0 aromatic carbocycles. The van der Waals surface area contributed by atoms with E-state index in [2.05, 4.69) is 17.2 Å². The van der Waals surface area contributed by atoms with Crippen molar-refractivity contribution in [3.63, 3.8) is 0 Å². The van der Waals surface area contributed by atoms with Crippen molar-refractivity contribution in [1.82, 2.24) is 20.9 Å². The minimum Gasteiger partial charge on any atom is -0.339 e. The van der Waals surface area contributed by atoms with Crippen LogP contribution < -0.4 is 16.0 Å². The smallest absolute Gasteiger partial charge is 0.339 e. The molecule has 2 fully saturated rings. The summed E-state index contributed by atoms with van der Waals surface area (Å²) in [6, 6.07) is -0.901. The van der Waals surface area contributed by atoms with E-state index in [9.17, 15) is 32.3 Å². The van der Waals surface area contributed by atoms with Gasteiger partial charge in [0.25, 0.3) is 0 Å². The molecule has 2 unspecified atom stereocenters. The first-order valence-electron chi connectivity index (χ1n) is 9.59. The molecule has 11 heteroatoms. The van der Waals surface area contributed by atoms with Gasteiger partial charge in [-0.3, -0.25) is 19.2 Å². The van der Waals surface area contributed by atoms with E-state index in [0.717, 1.165) is 6.08 Å². The number of amides is 4. The van der Waals surface area contributed by atoms with Crippen LogP contribution in [0.2, 0.25) is 0 Å². The molecule has 30 heavy (non-hydrogen) atoms. The number of rotatable bonds is 7. The number of nitrogens with one attached hydrogen (secondary N) is 3. The van der Waals surface area contributed by atoms with Gasteiger partial charge in [0.1, 0.15) is 12.2 Å². The summed E-state index contributed by atoms with van der Waals surface area (Å²) in [4.78, 5) is 49.3. The summed E-state index contributed by atoms with van der Waals surface area (Å²) < 4.78 is 37.1. The average Bonchev–Trinajstić information content (AvgIpc) is 2.99. The third-order valence-corrected chi connectivity index (χ3v) is 5.90. The molecule has 2 aliphatic rings. The number of piperidine rings is 1. The highest BCUT2D eigenvalue weighted by atomic mass is 19.4. The Morgan fingerprint density at radius 2 is 1.80 bits per heavy atom. The number of likely N-dealkylation sites (tertiary alicyclic amines) is 1. The molecule has 1 heterocycles. The third-order valence-electron chi connectivity index (χ3n) is 5.90. The lowest BCUT2D eigenvalue weighted by Crippen LogP contribution is -2.58. The maximum absolute atomic E-state index is 13.0. The maximum Gasteiger partial charge on any atom is 0.471 e. The Morgan fingerprint density at radius 3 is 2.30 bits per heavy atom. The zero-order chi connectivity index (χ0) is 23.0. The Balaban J connectivity index is 2.12. The second-order valence-corrected chi connectivity index (χ2v) is 8.57. The lowest BCUT2D eigenvalue weighted by molar-refractivity contribution is -0.174. The molecule has 168 valence electrons. The van der Waals surface area contributed by atoms with E-state index in [-0.39, 0.29) is 29.7 Å². The number of hydrogen-bond acceptors (Lipinski definition) is 4. The Bertz CT molecular complexity index is 751. The van der Waals surface area contributed by atoms with Gasteiger partial charge in [0, 0.05) is 6.54 Å². The molecule has 4 atom stereocenters.